The lowest BCUT2D eigenvalue weighted by Crippen LogP contribution is -2.29. The van der Waals surface area contributed by atoms with Gasteiger partial charge in [0.2, 0.25) is 0 Å². The molecule has 1 fully saturated rings. The van der Waals surface area contributed by atoms with E-state index in [1.807, 2.05) is 25.1 Å². The van der Waals surface area contributed by atoms with Gasteiger partial charge in [0.05, 0.1) is 11.6 Å². The highest BCUT2D eigenvalue weighted by Crippen LogP contribution is 2.42. The number of halogens is 1. The molecule has 1 aliphatic heterocycles. The van der Waals surface area contributed by atoms with Crippen molar-refractivity contribution in [2.45, 2.75) is 19.9 Å². The second kappa shape index (κ2) is 7.33. The Morgan fingerprint density at radius 2 is 1.83 bits per heavy atom. The second-order valence-corrected chi connectivity index (χ2v) is 7.80. The summed E-state index contributed by atoms with van der Waals surface area (Å²) in [6.07, 6.45) is 0. The molecule has 2 heterocycles. The Kier molecular flexibility index (Phi) is 4.84. The van der Waals surface area contributed by atoms with E-state index in [-0.39, 0.29) is 17.2 Å². The van der Waals surface area contributed by atoms with E-state index >= 15 is 0 Å². The molecule has 1 atom stereocenters. The molecule has 4 rings (SSSR count). The molecule has 1 N–H and O–H groups in total. The van der Waals surface area contributed by atoms with Crippen LogP contribution in [0.3, 0.4) is 0 Å². The number of aromatic nitrogens is 1. The number of carbonyl (C=O) groups excluding carboxylic acids is 2. The Bertz CT molecular complexity index is 1150. The third-order valence-electron chi connectivity index (χ3n) is 4.80. The molecule has 0 spiro atoms. The third kappa shape index (κ3) is 3.38. The van der Waals surface area contributed by atoms with Gasteiger partial charge in [-0.05, 0) is 31.5 Å². The predicted molar refractivity (Wildman–Crippen MR) is 111 cm³/mol. The number of hydrogen-bond donors (Lipinski definition) is 1. The van der Waals surface area contributed by atoms with E-state index < -0.39 is 17.7 Å². The van der Waals surface area contributed by atoms with Crippen LogP contribution in [0.5, 0.6) is 0 Å². The zero-order chi connectivity index (χ0) is 20.7. The highest BCUT2D eigenvalue weighted by atomic mass is 79.9. The minimum atomic E-state index is -0.835. The van der Waals surface area contributed by atoms with Crippen LogP contribution in [0.25, 0.3) is 5.76 Å². The fourth-order valence-electron chi connectivity index (χ4n) is 3.39. The Morgan fingerprint density at radius 3 is 2.45 bits per heavy atom. The maximum Gasteiger partial charge on any atom is 0.301 e. The van der Waals surface area contributed by atoms with Crippen LogP contribution in [0.15, 0.2) is 69.2 Å². The predicted octanol–water partition coefficient (Wildman–Crippen LogP) is 4.68. The lowest BCUT2D eigenvalue weighted by molar-refractivity contribution is -0.132. The van der Waals surface area contributed by atoms with Crippen molar-refractivity contribution in [3.05, 3.63) is 87.1 Å². The standard InChI is InChI=1S/C22H17BrN2O4/c1-12-6-8-14(9-7-12)20(26)18-19(15-4-3-5-16(23)11-15)25(22(28)21(18)27)17-10-13(2)29-24-17/h3-11,19,26H,1-2H3/t19-/m1/s1. The van der Waals surface area contributed by atoms with Crippen molar-refractivity contribution in [1.29, 1.82) is 0 Å². The van der Waals surface area contributed by atoms with E-state index in [1.165, 1.54) is 4.90 Å². The quantitative estimate of drug-likeness (QED) is 0.354. The summed E-state index contributed by atoms with van der Waals surface area (Å²) in [4.78, 5) is 27.2. The molecule has 0 bridgehead atoms. The summed E-state index contributed by atoms with van der Waals surface area (Å²) in [5.41, 5.74) is 2.15. The molecule has 146 valence electrons. The molecule has 1 amide bonds. The first-order valence-corrected chi connectivity index (χ1v) is 9.73. The van der Waals surface area contributed by atoms with Crippen LogP contribution in [0, 0.1) is 13.8 Å². The summed E-state index contributed by atoms with van der Waals surface area (Å²) in [6, 6.07) is 15.1. The van der Waals surface area contributed by atoms with Gasteiger partial charge >= 0.3 is 5.91 Å². The van der Waals surface area contributed by atoms with Gasteiger partial charge in [-0.3, -0.25) is 14.5 Å². The topological polar surface area (TPSA) is 83.6 Å². The van der Waals surface area contributed by atoms with Crippen LogP contribution in [0.2, 0.25) is 0 Å². The average molecular weight is 453 g/mol. The van der Waals surface area contributed by atoms with Gasteiger partial charge in [0.25, 0.3) is 5.78 Å². The van der Waals surface area contributed by atoms with Crippen LogP contribution in [-0.4, -0.2) is 22.0 Å². The van der Waals surface area contributed by atoms with Crippen molar-refractivity contribution >= 4 is 39.2 Å². The van der Waals surface area contributed by atoms with Gasteiger partial charge in [-0.15, -0.1) is 0 Å². The molecule has 0 radical (unpaired) electrons. The lowest BCUT2D eigenvalue weighted by Gasteiger charge is -2.23. The first-order valence-electron chi connectivity index (χ1n) is 8.93. The van der Waals surface area contributed by atoms with E-state index in [9.17, 15) is 14.7 Å². The fourth-order valence-corrected chi connectivity index (χ4v) is 3.81. The van der Waals surface area contributed by atoms with E-state index in [2.05, 4.69) is 21.1 Å². The maximum absolute atomic E-state index is 13.0. The number of ketones is 1. The minimum Gasteiger partial charge on any atom is -0.507 e. The van der Waals surface area contributed by atoms with Crippen LogP contribution in [0.4, 0.5) is 5.82 Å². The van der Waals surface area contributed by atoms with Gasteiger partial charge in [-0.2, -0.15) is 0 Å². The largest absolute Gasteiger partial charge is 0.507 e. The van der Waals surface area contributed by atoms with E-state index in [0.717, 1.165) is 10.0 Å². The lowest BCUT2D eigenvalue weighted by atomic mass is 9.95. The van der Waals surface area contributed by atoms with E-state index in [0.29, 0.717) is 16.9 Å². The molecular weight excluding hydrogens is 436 g/mol. The number of anilines is 1. The number of carbonyl (C=O) groups is 2. The van der Waals surface area contributed by atoms with Gasteiger partial charge in [0.1, 0.15) is 11.5 Å². The summed E-state index contributed by atoms with van der Waals surface area (Å²) in [5, 5.41) is 14.9. The van der Waals surface area contributed by atoms with Crippen LogP contribution in [-0.2, 0) is 9.59 Å². The Balaban J connectivity index is 1.95. The van der Waals surface area contributed by atoms with Gasteiger partial charge in [-0.25, -0.2) is 0 Å². The van der Waals surface area contributed by atoms with E-state index in [4.69, 9.17) is 4.52 Å². The minimum absolute atomic E-state index is 0.0117. The zero-order valence-corrected chi connectivity index (χ0v) is 17.3. The molecule has 0 unspecified atom stereocenters. The van der Waals surface area contributed by atoms with Crippen molar-refractivity contribution in [1.82, 2.24) is 5.16 Å². The Labute approximate surface area is 175 Å². The SMILES string of the molecule is Cc1ccc(C(O)=C2C(=O)C(=O)N(c3cc(C)on3)[C@@H]2c2cccc(Br)c2)cc1. The number of nitrogens with zero attached hydrogens (tertiary/aromatic N) is 2. The average Bonchev–Trinajstić information content (AvgIpc) is 3.23. The smallest absolute Gasteiger partial charge is 0.301 e. The molecule has 2 aromatic carbocycles. The third-order valence-corrected chi connectivity index (χ3v) is 5.29. The number of aliphatic hydroxyl groups is 1. The molecule has 6 nitrogen and oxygen atoms in total. The van der Waals surface area contributed by atoms with Crippen molar-refractivity contribution in [3.8, 4) is 0 Å². The molecule has 0 aliphatic carbocycles. The first kappa shape index (κ1) is 19.1. The first-order chi connectivity index (χ1) is 13.9. The van der Waals surface area contributed by atoms with Crippen LogP contribution in [0.1, 0.15) is 28.5 Å². The number of aryl methyl sites for hydroxylation is 2. The van der Waals surface area contributed by atoms with Crippen LogP contribution < -0.4 is 4.90 Å². The van der Waals surface area contributed by atoms with E-state index in [1.54, 1.807) is 43.3 Å². The molecule has 1 aliphatic rings. The van der Waals surface area contributed by atoms with Crippen LogP contribution >= 0.6 is 15.9 Å². The normalized spacial score (nSPS) is 18.4. The van der Waals surface area contributed by atoms with Gasteiger partial charge in [-0.1, -0.05) is 63.0 Å². The summed E-state index contributed by atoms with van der Waals surface area (Å²) >= 11 is 3.43. The number of aliphatic hydroxyl groups excluding tert-OH is 1. The molecular formula is C22H17BrN2O4. The second-order valence-electron chi connectivity index (χ2n) is 6.89. The van der Waals surface area contributed by atoms with Crippen molar-refractivity contribution in [3.63, 3.8) is 0 Å². The number of rotatable bonds is 3. The highest BCUT2D eigenvalue weighted by Gasteiger charge is 2.48. The molecule has 3 aromatic rings. The van der Waals surface area contributed by atoms with Crippen molar-refractivity contribution in [2.24, 2.45) is 0 Å². The monoisotopic (exact) mass is 452 g/mol. The maximum atomic E-state index is 13.0. The Hall–Kier alpha value is -3.19. The molecule has 7 heteroatoms. The number of hydrogen-bond acceptors (Lipinski definition) is 5. The zero-order valence-electron chi connectivity index (χ0n) is 15.7. The summed E-state index contributed by atoms with van der Waals surface area (Å²) in [5.74, 6) is -1.03. The highest BCUT2D eigenvalue weighted by molar-refractivity contribution is 9.10. The number of Topliss-reactive ketones (excluding diaryl/α,β-unsaturated/α-hetero) is 1. The molecule has 1 aromatic heterocycles. The van der Waals surface area contributed by atoms with Gasteiger partial charge < -0.3 is 9.63 Å². The molecule has 29 heavy (non-hydrogen) atoms. The number of benzene rings is 2. The summed E-state index contributed by atoms with van der Waals surface area (Å²) < 4.78 is 5.90. The van der Waals surface area contributed by atoms with Gasteiger partial charge in [0, 0.05) is 16.1 Å². The summed E-state index contributed by atoms with van der Waals surface area (Å²) in [7, 11) is 0. The van der Waals surface area contributed by atoms with Crippen molar-refractivity contribution < 1.29 is 19.2 Å². The van der Waals surface area contributed by atoms with Crippen molar-refractivity contribution in [2.75, 3.05) is 4.90 Å². The molecule has 1 saturated heterocycles. The van der Waals surface area contributed by atoms with Gasteiger partial charge in [0.15, 0.2) is 5.82 Å². The summed E-state index contributed by atoms with van der Waals surface area (Å²) in [6.45, 7) is 3.63. The Morgan fingerprint density at radius 1 is 1.10 bits per heavy atom. The number of amides is 1. The fraction of sp³-hybridized carbons (Fsp3) is 0.136. The molecule has 0 saturated carbocycles.